The second kappa shape index (κ2) is 7.41. The van der Waals surface area contributed by atoms with Crippen molar-refractivity contribution in [3.8, 4) is 0 Å². The summed E-state index contributed by atoms with van der Waals surface area (Å²) >= 11 is 0. The van der Waals surface area contributed by atoms with Crippen LogP contribution >= 0.6 is 0 Å². The fraction of sp³-hybridized carbons (Fsp3) is 0.368. The first-order valence-electron chi connectivity index (χ1n) is 8.49. The van der Waals surface area contributed by atoms with Gasteiger partial charge in [-0.05, 0) is 18.6 Å². The predicted molar refractivity (Wildman–Crippen MR) is 93.8 cm³/mol. The molecule has 1 atom stereocenters. The third-order valence-corrected chi connectivity index (χ3v) is 4.89. The number of carbonyl (C=O) groups excluding carboxylic acids is 2. The number of nitrogens with zero attached hydrogens (tertiary/aromatic N) is 1. The molecule has 0 spiro atoms. The van der Waals surface area contributed by atoms with Crippen LogP contribution in [0.1, 0.15) is 34.1 Å². The highest BCUT2D eigenvalue weighted by Gasteiger charge is 2.37. The van der Waals surface area contributed by atoms with Crippen LogP contribution in [-0.2, 0) is 11.3 Å². The number of aromatic nitrogens is 1. The lowest BCUT2D eigenvalue weighted by atomic mass is 9.98. The van der Waals surface area contributed by atoms with Crippen LogP contribution in [-0.4, -0.2) is 56.9 Å². The number of aliphatic hydroxyl groups is 3. The predicted octanol–water partition coefficient (Wildman–Crippen LogP) is 0.0383. The van der Waals surface area contributed by atoms with Gasteiger partial charge in [-0.2, -0.15) is 0 Å². The van der Waals surface area contributed by atoms with Gasteiger partial charge in [-0.15, -0.1) is 0 Å². The van der Waals surface area contributed by atoms with Crippen molar-refractivity contribution < 1.29 is 24.9 Å². The van der Waals surface area contributed by atoms with Gasteiger partial charge in [-0.3, -0.25) is 9.59 Å². The van der Waals surface area contributed by atoms with Crippen molar-refractivity contribution in [3.05, 3.63) is 59.4 Å². The molecule has 4 N–H and O–H groups in total. The molecule has 2 heterocycles. The number of nitrogens with one attached hydrogen (secondary N) is 1. The number of carbonyl (C=O) groups is 2. The number of ketones is 1. The average Bonchev–Trinajstić information content (AvgIpc) is 3.28. The molecular formula is C19H22N2O5. The lowest BCUT2D eigenvalue weighted by Crippen LogP contribution is -2.57. The van der Waals surface area contributed by atoms with Gasteiger partial charge in [0.25, 0.3) is 0 Å². The van der Waals surface area contributed by atoms with Crippen molar-refractivity contribution in [2.24, 2.45) is 0 Å². The van der Waals surface area contributed by atoms with E-state index in [0.717, 1.165) is 0 Å². The van der Waals surface area contributed by atoms with Gasteiger partial charge in [-0.25, -0.2) is 0 Å². The summed E-state index contributed by atoms with van der Waals surface area (Å²) in [7, 11) is 0. The summed E-state index contributed by atoms with van der Waals surface area (Å²) in [6.45, 7) is -1.19. The summed E-state index contributed by atoms with van der Waals surface area (Å²) in [6.07, 6.45) is 0.509. The molecule has 1 aromatic heterocycles. The maximum atomic E-state index is 12.7. The monoisotopic (exact) mass is 358 g/mol. The smallest absolute Gasteiger partial charge is 0.229 e. The van der Waals surface area contributed by atoms with Crippen molar-refractivity contribution in [1.29, 1.82) is 0 Å². The van der Waals surface area contributed by atoms with E-state index in [0.29, 0.717) is 29.9 Å². The second-order valence-electron chi connectivity index (χ2n) is 6.58. The van der Waals surface area contributed by atoms with Crippen molar-refractivity contribution >= 4 is 11.7 Å². The van der Waals surface area contributed by atoms with Gasteiger partial charge < -0.3 is 25.2 Å². The van der Waals surface area contributed by atoms with Crippen LogP contribution in [0.4, 0.5) is 0 Å². The van der Waals surface area contributed by atoms with Gasteiger partial charge in [0.2, 0.25) is 11.7 Å². The lowest BCUT2D eigenvalue weighted by Gasteiger charge is -2.29. The van der Waals surface area contributed by atoms with Gasteiger partial charge in [0.1, 0.15) is 5.54 Å². The highest BCUT2D eigenvalue weighted by molar-refractivity contribution is 6.08. The Morgan fingerprint density at radius 1 is 1.04 bits per heavy atom. The van der Waals surface area contributed by atoms with Crippen LogP contribution in [0.5, 0.6) is 0 Å². The molecule has 0 saturated heterocycles. The zero-order chi connectivity index (χ0) is 18.7. The minimum Gasteiger partial charge on any atom is -0.394 e. The standard InChI is InChI=1S/C19H22N2O5/c22-10-19(11-23,12-24)20-18(26)14-8-9-21-15(14)6-7-16(21)17(25)13-4-2-1-3-5-13/h1-7,14,22-24H,8-12H2,(H,20,26)/t14-/m0/s1. The van der Waals surface area contributed by atoms with Gasteiger partial charge in [0.15, 0.2) is 0 Å². The van der Waals surface area contributed by atoms with E-state index >= 15 is 0 Å². The van der Waals surface area contributed by atoms with Crippen LogP contribution in [0.2, 0.25) is 0 Å². The normalized spacial score (nSPS) is 16.3. The van der Waals surface area contributed by atoms with Gasteiger partial charge >= 0.3 is 0 Å². The Labute approximate surface area is 150 Å². The SMILES string of the molecule is O=C(c1ccccc1)c1ccc2n1CC[C@@H]2C(=O)NC(CO)(CO)CO. The topological polar surface area (TPSA) is 112 Å². The van der Waals surface area contributed by atoms with Crippen LogP contribution < -0.4 is 5.32 Å². The fourth-order valence-electron chi connectivity index (χ4n) is 3.26. The molecule has 3 rings (SSSR count). The van der Waals surface area contributed by atoms with Gasteiger partial charge in [0, 0.05) is 17.8 Å². The Bertz CT molecular complexity index is 787. The summed E-state index contributed by atoms with van der Waals surface area (Å²) in [4.78, 5) is 25.3. The molecular weight excluding hydrogens is 336 g/mol. The molecule has 7 heteroatoms. The van der Waals surface area contributed by atoms with E-state index in [2.05, 4.69) is 5.32 Å². The number of benzene rings is 1. The quantitative estimate of drug-likeness (QED) is 0.522. The zero-order valence-corrected chi connectivity index (χ0v) is 14.3. The van der Waals surface area contributed by atoms with E-state index in [1.807, 2.05) is 10.6 Å². The molecule has 7 nitrogen and oxygen atoms in total. The van der Waals surface area contributed by atoms with E-state index in [1.165, 1.54) is 0 Å². The molecule has 0 unspecified atom stereocenters. The summed E-state index contributed by atoms with van der Waals surface area (Å²) in [5.41, 5.74) is 0.365. The number of amides is 1. The third-order valence-electron chi connectivity index (χ3n) is 4.89. The first kappa shape index (κ1) is 18.3. The van der Waals surface area contributed by atoms with E-state index in [1.54, 1.807) is 36.4 Å². The maximum absolute atomic E-state index is 12.7. The number of fused-ring (bicyclic) bond motifs is 1. The van der Waals surface area contributed by atoms with E-state index in [-0.39, 0.29) is 5.78 Å². The number of aliphatic hydroxyl groups excluding tert-OH is 3. The molecule has 1 aliphatic rings. The second-order valence-corrected chi connectivity index (χ2v) is 6.58. The zero-order valence-electron chi connectivity index (χ0n) is 14.3. The largest absolute Gasteiger partial charge is 0.394 e. The molecule has 2 aromatic rings. The summed E-state index contributed by atoms with van der Waals surface area (Å²) in [5, 5.41) is 30.7. The molecule has 0 saturated carbocycles. The van der Waals surface area contributed by atoms with Crippen molar-refractivity contribution in [2.45, 2.75) is 24.4 Å². The summed E-state index contributed by atoms with van der Waals surface area (Å²) in [5.74, 6) is -0.998. The average molecular weight is 358 g/mol. The minimum absolute atomic E-state index is 0.103. The Morgan fingerprint density at radius 3 is 2.31 bits per heavy atom. The fourth-order valence-corrected chi connectivity index (χ4v) is 3.26. The Balaban J connectivity index is 1.82. The molecule has 0 bridgehead atoms. The Morgan fingerprint density at radius 2 is 1.69 bits per heavy atom. The van der Waals surface area contributed by atoms with Crippen LogP contribution in [0, 0.1) is 0 Å². The van der Waals surface area contributed by atoms with E-state index in [9.17, 15) is 24.9 Å². The maximum Gasteiger partial charge on any atom is 0.229 e. The molecule has 1 amide bonds. The molecule has 26 heavy (non-hydrogen) atoms. The molecule has 0 aliphatic carbocycles. The third kappa shape index (κ3) is 3.16. The molecule has 1 aromatic carbocycles. The van der Waals surface area contributed by atoms with Gasteiger partial charge in [0.05, 0.1) is 31.4 Å². The molecule has 0 radical (unpaired) electrons. The number of hydrogen-bond donors (Lipinski definition) is 4. The highest BCUT2D eigenvalue weighted by atomic mass is 16.3. The Kier molecular flexibility index (Phi) is 5.22. The van der Waals surface area contributed by atoms with Crippen LogP contribution in [0.3, 0.4) is 0 Å². The van der Waals surface area contributed by atoms with Crippen LogP contribution in [0.15, 0.2) is 42.5 Å². The van der Waals surface area contributed by atoms with Crippen molar-refractivity contribution in [1.82, 2.24) is 9.88 Å². The Hall–Kier alpha value is -2.48. The molecule has 138 valence electrons. The summed E-state index contributed by atoms with van der Waals surface area (Å²) < 4.78 is 1.83. The van der Waals surface area contributed by atoms with Gasteiger partial charge in [-0.1, -0.05) is 30.3 Å². The van der Waals surface area contributed by atoms with E-state index in [4.69, 9.17) is 0 Å². The molecule has 1 aliphatic heterocycles. The van der Waals surface area contributed by atoms with Crippen LogP contribution in [0.25, 0.3) is 0 Å². The lowest BCUT2D eigenvalue weighted by molar-refractivity contribution is -0.126. The first-order chi connectivity index (χ1) is 12.5. The summed E-state index contributed by atoms with van der Waals surface area (Å²) in [6, 6.07) is 12.4. The number of rotatable bonds is 7. The highest BCUT2D eigenvalue weighted by Crippen LogP contribution is 2.32. The minimum atomic E-state index is -1.46. The van der Waals surface area contributed by atoms with Crippen molar-refractivity contribution in [3.63, 3.8) is 0 Å². The van der Waals surface area contributed by atoms with Crippen molar-refractivity contribution in [2.75, 3.05) is 19.8 Å². The number of hydrogen-bond acceptors (Lipinski definition) is 5. The van der Waals surface area contributed by atoms with E-state index < -0.39 is 37.2 Å². The molecule has 0 fully saturated rings. The first-order valence-corrected chi connectivity index (χ1v) is 8.49.